The number of halogens is 1. The highest BCUT2D eigenvalue weighted by Crippen LogP contribution is 2.17. The van der Waals surface area contributed by atoms with Crippen LogP contribution in [0.5, 0.6) is 0 Å². The number of rotatable bonds is 7. The van der Waals surface area contributed by atoms with Gasteiger partial charge in [0.15, 0.2) is 5.82 Å². The van der Waals surface area contributed by atoms with E-state index in [0.29, 0.717) is 36.0 Å². The van der Waals surface area contributed by atoms with Crippen molar-refractivity contribution in [2.24, 2.45) is 0 Å². The van der Waals surface area contributed by atoms with Crippen molar-refractivity contribution in [3.8, 4) is 0 Å². The maximum Gasteiger partial charge on any atom is 0.249 e. The Morgan fingerprint density at radius 2 is 1.81 bits per heavy atom. The Labute approximate surface area is 156 Å². The topological polar surface area (TPSA) is 91.8 Å². The minimum absolute atomic E-state index is 0.127. The average Bonchev–Trinajstić information content (AvgIpc) is 2.65. The molecule has 2 aromatic carbocycles. The molecule has 1 heterocycles. The molecular formula is C19H19FN6O. The molecule has 7 nitrogen and oxygen atoms in total. The number of hydrogen-bond donors (Lipinski definition) is 3. The first-order valence-electron chi connectivity index (χ1n) is 8.42. The van der Waals surface area contributed by atoms with Crippen LogP contribution in [0.3, 0.4) is 0 Å². The van der Waals surface area contributed by atoms with E-state index < -0.39 is 0 Å². The van der Waals surface area contributed by atoms with Crippen LogP contribution in [0, 0.1) is 5.82 Å². The monoisotopic (exact) mass is 366 g/mol. The average molecular weight is 366 g/mol. The molecule has 1 aromatic heterocycles. The summed E-state index contributed by atoms with van der Waals surface area (Å²) >= 11 is 0. The molecule has 27 heavy (non-hydrogen) atoms. The molecule has 3 N–H and O–H groups in total. The zero-order chi connectivity index (χ0) is 19.1. The van der Waals surface area contributed by atoms with E-state index in [1.807, 2.05) is 6.07 Å². The quantitative estimate of drug-likeness (QED) is 0.594. The largest absolute Gasteiger partial charge is 0.368 e. The SMILES string of the molecule is CC(=O)Nc1ccc(Nc2nncc(NCCc3ccccc3F)n2)cc1. The number of hydrogen-bond acceptors (Lipinski definition) is 6. The Hall–Kier alpha value is -3.55. The number of aromatic nitrogens is 3. The smallest absolute Gasteiger partial charge is 0.249 e. The van der Waals surface area contributed by atoms with E-state index in [9.17, 15) is 9.18 Å². The van der Waals surface area contributed by atoms with E-state index in [1.54, 1.807) is 36.4 Å². The predicted octanol–water partition coefficient (Wildman–Crippen LogP) is 3.37. The van der Waals surface area contributed by atoms with Gasteiger partial charge in [0.25, 0.3) is 0 Å². The minimum Gasteiger partial charge on any atom is -0.368 e. The lowest BCUT2D eigenvalue weighted by Crippen LogP contribution is -2.09. The lowest BCUT2D eigenvalue weighted by atomic mass is 10.1. The fraction of sp³-hybridized carbons (Fsp3) is 0.158. The van der Waals surface area contributed by atoms with Crippen molar-refractivity contribution in [1.29, 1.82) is 0 Å². The second kappa shape index (κ2) is 8.70. The lowest BCUT2D eigenvalue weighted by molar-refractivity contribution is -0.114. The van der Waals surface area contributed by atoms with Gasteiger partial charge in [-0.1, -0.05) is 18.2 Å². The molecule has 138 valence electrons. The van der Waals surface area contributed by atoms with Crippen molar-refractivity contribution in [1.82, 2.24) is 15.2 Å². The molecule has 0 saturated heterocycles. The van der Waals surface area contributed by atoms with Crippen molar-refractivity contribution in [3.05, 3.63) is 66.1 Å². The second-order valence-electron chi connectivity index (χ2n) is 5.82. The summed E-state index contributed by atoms with van der Waals surface area (Å²) in [6.07, 6.45) is 2.04. The van der Waals surface area contributed by atoms with Gasteiger partial charge in [-0.15, -0.1) is 5.10 Å². The number of nitrogens with one attached hydrogen (secondary N) is 3. The molecule has 3 aromatic rings. The van der Waals surface area contributed by atoms with Crippen LogP contribution in [0.15, 0.2) is 54.7 Å². The van der Waals surface area contributed by atoms with Gasteiger partial charge >= 0.3 is 0 Å². The summed E-state index contributed by atoms with van der Waals surface area (Å²) in [5.74, 6) is 0.527. The third kappa shape index (κ3) is 5.46. The number of amides is 1. The molecular weight excluding hydrogens is 347 g/mol. The standard InChI is InChI=1S/C19H19FN6O/c1-13(27)23-15-6-8-16(9-7-15)24-19-25-18(12-22-26-19)21-11-10-14-4-2-3-5-17(14)20/h2-9,12H,10-11H2,1H3,(H,23,27)(H2,21,24,25,26). The molecule has 0 unspecified atom stereocenters. The Balaban J connectivity index is 1.57. The molecule has 0 spiro atoms. The molecule has 1 amide bonds. The van der Waals surface area contributed by atoms with Crippen LogP contribution < -0.4 is 16.0 Å². The van der Waals surface area contributed by atoms with Gasteiger partial charge in [0.1, 0.15) is 5.82 Å². The minimum atomic E-state index is -0.217. The molecule has 0 bridgehead atoms. The first-order valence-corrected chi connectivity index (χ1v) is 8.42. The van der Waals surface area contributed by atoms with Gasteiger partial charge in [-0.2, -0.15) is 10.1 Å². The van der Waals surface area contributed by atoms with E-state index >= 15 is 0 Å². The summed E-state index contributed by atoms with van der Waals surface area (Å²) in [5, 5.41) is 16.7. The Kier molecular flexibility index (Phi) is 5.88. The number of nitrogens with zero attached hydrogens (tertiary/aromatic N) is 3. The summed E-state index contributed by atoms with van der Waals surface area (Å²) in [6.45, 7) is 1.97. The second-order valence-corrected chi connectivity index (χ2v) is 5.82. The van der Waals surface area contributed by atoms with Gasteiger partial charge in [-0.25, -0.2) is 4.39 Å². The van der Waals surface area contributed by atoms with Crippen LogP contribution >= 0.6 is 0 Å². The van der Waals surface area contributed by atoms with Gasteiger partial charge < -0.3 is 16.0 Å². The Bertz CT molecular complexity index is 916. The zero-order valence-electron chi connectivity index (χ0n) is 14.7. The lowest BCUT2D eigenvalue weighted by Gasteiger charge is -2.09. The van der Waals surface area contributed by atoms with Gasteiger partial charge in [-0.3, -0.25) is 4.79 Å². The first-order chi connectivity index (χ1) is 13.1. The van der Waals surface area contributed by atoms with Crippen LogP contribution in [0.4, 0.5) is 27.5 Å². The molecule has 0 saturated carbocycles. The molecule has 0 radical (unpaired) electrons. The maximum absolute atomic E-state index is 13.6. The highest BCUT2D eigenvalue weighted by molar-refractivity contribution is 5.88. The Morgan fingerprint density at radius 1 is 1.07 bits per heavy atom. The Morgan fingerprint density at radius 3 is 2.56 bits per heavy atom. The van der Waals surface area contributed by atoms with Crippen LogP contribution in [0.2, 0.25) is 0 Å². The maximum atomic E-state index is 13.6. The molecule has 0 aliphatic carbocycles. The molecule has 0 fully saturated rings. The number of anilines is 4. The van der Waals surface area contributed by atoms with E-state index in [-0.39, 0.29) is 11.7 Å². The summed E-state index contributed by atoms with van der Waals surface area (Å²) in [7, 11) is 0. The van der Waals surface area contributed by atoms with Gasteiger partial charge in [0, 0.05) is 24.8 Å². The third-order valence-corrected chi connectivity index (χ3v) is 3.68. The van der Waals surface area contributed by atoms with E-state index in [1.165, 1.54) is 19.2 Å². The van der Waals surface area contributed by atoms with Crippen molar-refractivity contribution < 1.29 is 9.18 Å². The van der Waals surface area contributed by atoms with Gasteiger partial charge in [0.2, 0.25) is 11.9 Å². The van der Waals surface area contributed by atoms with E-state index in [0.717, 1.165) is 5.69 Å². The third-order valence-electron chi connectivity index (χ3n) is 3.68. The number of benzene rings is 2. The van der Waals surface area contributed by atoms with Crippen molar-refractivity contribution >= 4 is 29.0 Å². The number of carbonyl (C=O) groups excluding carboxylic acids is 1. The van der Waals surface area contributed by atoms with Crippen LogP contribution in [-0.4, -0.2) is 27.6 Å². The molecule has 3 rings (SSSR count). The summed E-state index contributed by atoms with van der Waals surface area (Å²) in [4.78, 5) is 15.4. The normalized spacial score (nSPS) is 10.3. The molecule has 0 aliphatic heterocycles. The van der Waals surface area contributed by atoms with E-state index in [2.05, 4.69) is 31.1 Å². The molecule has 0 aliphatic rings. The van der Waals surface area contributed by atoms with Crippen molar-refractivity contribution in [3.63, 3.8) is 0 Å². The fourth-order valence-corrected chi connectivity index (χ4v) is 2.44. The molecule has 0 atom stereocenters. The van der Waals surface area contributed by atoms with Crippen LogP contribution in [0.1, 0.15) is 12.5 Å². The highest BCUT2D eigenvalue weighted by Gasteiger charge is 2.04. The predicted molar refractivity (Wildman–Crippen MR) is 102 cm³/mol. The zero-order valence-corrected chi connectivity index (χ0v) is 14.7. The first kappa shape index (κ1) is 18.2. The van der Waals surface area contributed by atoms with Crippen molar-refractivity contribution in [2.45, 2.75) is 13.3 Å². The van der Waals surface area contributed by atoms with Crippen LogP contribution in [0.25, 0.3) is 0 Å². The van der Waals surface area contributed by atoms with Gasteiger partial charge in [-0.05, 0) is 42.3 Å². The van der Waals surface area contributed by atoms with Gasteiger partial charge in [0.05, 0.1) is 6.20 Å². The fourth-order valence-electron chi connectivity index (χ4n) is 2.44. The summed E-state index contributed by atoms with van der Waals surface area (Å²) in [5.41, 5.74) is 2.11. The van der Waals surface area contributed by atoms with Crippen molar-refractivity contribution in [2.75, 3.05) is 22.5 Å². The van der Waals surface area contributed by atoms with Crippen LogP contribution in [-0.2, 0) is 11.2 Å². The highest BCUT2D eigenvalue weighted by atomic mass is 19.1. The summed E-state index contributed by atoms with van der Waals surface area (Å²) < 4.78 is 13.6. The number of carbonyl (C=O) groups is 1. The van der Waals surface area contributed by atoms with E-state index in [4.69, 9.17) is 0 Å². The molecule has 8 heteroatoms. The summed E-state index contributed by atoms with van der Waals surface area (Å²) in [6, 6.07) is 13.8.